The van der Waals surface area contributed by atoms with E-state index in [-0.39, 0.29) is 39.4 Å². The summed E-state index contributed by atoms with van der Waals surface area (Å²) in [7, 11) is 11.4. The van der Waals surface area contributed by atoms with Gasteiger partial charge in [-0.05, 0) is 189 Å². The van der Waals surface area contributed by atoms with Crippen LogP contribution in [-0.4, -0.2) is 120 Å². The fourth-order valence-electron chi connectivity index (χ4n) is 8.58. The first kappa shape index (κ1) is 82.9. The lowest BCUT2D eigenvalue weighted by Crippen LogP contribution is -2.21. The number of alkyl halides is 12. The third kappa shape index (κ3) is 26.6. The summed E-state index contributed by atoms with van der Waals surface area (Å²) < 4.78 is 172. The number of rotatable bonds is 20. The Morgan fingerprint density at radius 2 is 0.624 bits per heavy atom. The van der Waals surface area contributed by atoms with Crippen LogP contribution in [0.15, 0.2) is 158 Å². The Kier molecular flexibility index (Phi) is 30.6. The standard InChI is InChI=1S/2C19H20ClF3N2O2.C18H18ClF3N2O2.C15H11ClF3NO/c1-12-4-7-17(27-9-8-25(2)3)14(10-12)18(26)24-13-5-6-16(20)15(11-13)19(21,22)23;1-12-4-6-14(17(10-12)27-9-8-25(2)3)18(26)24-13-5-7-16(20)15(11-13)19(21,22)23;1-24(2)9-10-26-16-6-4-3-5-13(16)17(25)23-12-7-8-15(19)14(11-12)18(20,21)22;1-9-4-2-3-5-11(9)14(21)20-10-6-7-13(16)12(8-10)15(17,18)19/h2*4-7,10-11H,8-9H2,1-3H3,(H,24,26);3-8,11H,9-10H2,1-2H3,(H,23,25);2-8H,1H3,(H,20,21). The van der Waals surface area contributed by atoms with Crippen LogP contribution in [-0.2, 0) is 24.7 Å². The lowest BCUT2D eigenvalue weighted by atomic mass is 10.1. The molecule has 101 heavy (non-hydrogen) atoms. The number of amides is 4. The topological polar surface area (TPSA) is 154 Å². The van der Waals surface area contributed by atoms with Crippen molar-refractivity contribution >= 4 is 92.8 Å². The molecule has 0 saturated carbocycles. The Labute approximate surface area is 595 Å². The number of hydrogen-bond donors (Lipinski definition) is 4. The van der Waals surface area contributed by atoms with Gasteiger partial charge in [0.05, 0.1) is 59.0 Å². The van der Waals surface area contributed by atoms with Gasteiger partial charge in [-0.2, -0.15) is 52.7 Å². The number of aryl methyl sites for hydroxylation is 3. The number of benzene rings is 8. The summed E-state index contributed by atoms with van der Waals surface area (Å²) in [6.07, 6.45) is -18.4. The molecular formula is C71H69Cl4F12N7O7. The number of anilines is 4. The van der Waals surface area contributed by atoms with Crippen molar-refractivity contribution in [1.29, 1.82) is 0 Å². The first-order chi connectivity index (χ1) is 47.1. The SMILES string of the molecule is CN(C)CCOc1ccccc1C(=O)Nc1ccc(Cl)c(C(F)(F)F)c1.Cc1ccc(C(=O)Nc2ccc(Cl)c(C(F)(F)F)c2)c(OCCN(C)C)c1.Cc1ccc(OCCN(C)C)c(C(=O)Nc2ccc(Cl)c(C(F)(F)F)c2)c1.Cc1ccccc1C(=O)Nc1ccc(Cl)c(C(F)(F)F)c1. The Hall–Kier alpha value is -8.76. The third-order valence-corrected chi connectivity index (χ3v) is 15.1. The summed E-state index contributed by atoms with van der Waals surface area (Å²) in [5, 5.41) is 8.15. The van der Waals surface area contributed by atoms with Crippen LogP contribution >= 0.6 is 46.4 Å². The van der Waals surface area contributed by atoms with E-state index in [9.17, 15) is 71.9 Å². The van der Waals surface area contributed by atoms with E-state index in [1.54, 1.807) is 91.9 Å². The van der Waals surface area contributed by atoms with Crippen molar-refractivity contribution in [3.05, 3.63) is 239 Å². The van der Waals surface area contributed by atoms with Gasteiger partial charge in [0.25, 0.3) is 23.6 Å². The molecule has 0 aliphatic carbocycles. The van der Waals surface area contributed by atoms with Crippen LogP contribution in [0.3, 0.4) is 0 Å². The number of ether oxygens (including phenoxy) is 3. The summed E-state index contributed by atoms with van der Waals surface area (Å²) in [4.78, 5) is 55.5. The van der Waals surface area contributed by atoms with Crippen LogP contribution < -0.4 is 35.5 Å². The molecule has 8 aromatic carbocycles. The molecule has 14 nitrogen and oxygen atoms in total. The summed E-state index contributed by atoms with van der Waals surface area (Å²) >= 11 is 22.3. The molecule has 30 heteroatoms. The second-order valence-corrected chi connectivity index (χ2v) is 24.5. The number of carbonyl (C=O) groups is 4. The molecule has 0 radical (unpaired) electrons. The normalized spacial score (nSPS) is 11.5. The minimum Gasteiger partial charge on any atom is -0.491 e. The van der Waals surface area contributed by atoms with Crippen LogP contribution in [0.1, 0.15) is 80.4 Å². The predicted octanol–water partition coefficient (Wildman–Crippen LogP) is 19.2. The first-order valence-corrected chi connectivity index (χ1v) is 31.5. The highest BCUT2D eigenvalue weighted by atomic mass is 35.5. The Bertz CT molecular complexity index is 4160. The molecule has 4 N–H and O–H groups in total. The number of carbonyl (C=O) groups excluding carboxylic acids is 4. The fraction of sp³-hybridized carbons (Fsp3) is 0.268. The van der Waals surface area contributed by atoms with Crippen LogP contribution in [0.4, 0.5) is 75.4 Å². The van der Waals surface area contributed by atoms with Crippen molar-refractivity contribution in [1.82, 2.24) is 14.7 Å². The molecule has 8 aromatic rings. The number of nitrogens with zero attached hydrogens (tertiary/aromatic N) is 3. The van der Waals surface area contributed by atoms with Crippen molar-refractivity contribution in [2.24, 2.45) is 0 Å². The number of halogens is 16. The molecule has 0 spiro atoms. The summed E-state index contributed by atoms with van der Waals surface area (Å²) in [6, 6.07) is 36.4. The lowest BCUT2D eigenvalue weighted by molar-refractivity contribution is -0.138. The molecule has 0 bridgehead atoms. The van der Waals surface area contributed by atoms with Crippen LogP contribution in [0, 0.1) is 20.8 Å². The van der Waals surface area contributed by atoms with E-state index < -0.39 is 90.7 Å². The summed E-state index contributed by atoms with van der Waals surface area (Å²) in [6.45, 7) is 8.49. The predicted molar refractivity (Wildman–Crippen MR) is 370 cm³/mol. The minimum atomic E-state index is -4.61. The number of para-hydroxylation sites is 1. The molecule has 0 saturated heterocycles. The van der Waals surface area contributed by atoms with E-state index >= 15 is 0 Å². The molecule has 0 unspecified atom stereocenters. The second-order valence-electron chi connectivity index (χ2n) is 22.9. The van der Waals surface area contributed by atoms with Gasteiger partial charge in [-0.1, -0.05) is 94.4 Å². The van der Waals surface area contributed by atoms with Crippen LogP contribution in [0.5, 0.6) is 17.2 Å². The molecule has 4 amide bonds. The van der Waals surface area contributed by atoms with Crippen molar-refractivity contribution in [2.75, 3.05) is 103 Å². The maximum Gasteiger partial charge on any atom is 0.417 e. The monoisotopic (exact) mass is 1500 g/mol. The van der Waals surface area contributed by atoms with Gasteiger partial charge in [-0.3, -0.25) is 19.2 Å². The molecule has 542 valence electrons. The molecule has 8 rings (SSSR count). The van der Waals surface area contributed by atoms with Crippen molar-refractivity contribution in [2.45, 2.75) is 45.5 Å². The van der Waals surface area contributed by atoms with Gasteiger partial charge in [0.2, 0.25) is 0 Å². The summed E-state index contributed by atoms with van der Waals surface area (Å²) in [5.41, 5.74) is -0.384. The van der Waals surface area contributed by atoms with E-state index in [2.05, 4.69) is 21.3 Å². The van der Waals surface area contributed by atoms with Gasteiger partial charge in [-0.25, -0.2) is 0 Å². The first-order valence-electron chi connectivity index (χ1n) is 30.0. The van der Waals surface area contributed by atoms with Crippen LogP contribution in [0.2, 0.25) is 20.1 Å². The highest BCUT2D eigenvalue weighted by molar-refractivity contribution is 6.32. The average molecular weight is 1500 g/mol. The van der Waals surface area contributed by atoms with Gasteiger partial charge in [0, 0.05) is 47.9 Å². The Morgan fingerprint density at radius 1 is 0.337 bits per heavy atom. The zero-order chi connectivity index (χ0) is 75.3. The molecule has 0 aliphatic rings. The minimum absolute atomic E-state index is 0.00234. The van der Waals surface area contributed by atoms with Gasteiger partial charge in [0.15, 0.2) is 0 Å². The lowest BCUT2D eigenvalue weighted by Gasteiger charge is -2.15. The van der Waals surface area contributed by atoms with E-state index in [4.69, 9.17) is 60.6 Å². The largest absolute Gasteiger partial charge is 0.491 e. The quantitative estimate of drug-likeness (QED) is 0.0542. The molecule has 0 fully saturated rings. The zero-order valence-electron chi connectivity index (χ0n) is 55.5. The molecule has 0 atom stereocenters. The third-order valence-electron chi connectivity index (χ3n) is 13.8. The highest BCUT2D eigenvalue weighted by Gasteiger charge is 2.37. The van der Waals surface area contributed by atoms with E-state index in [1.807, 2.05) is 70.8 Å². The zero-order valence-corrected chi connectivity index (χ0v) is 58.5. The highest BCUT2D eigenvalue weighted by Crippen LogP contribution is 2.40. The number of hydrogen-bond acceptors (Lipinski definition) is 10. The van der Waals surface area contributed by atoms with Gasteiger partial charge in [-0.15, -0.1) is 0 Å². The Morgan fingerprint density at radius 3 is 0.980 bits per heavy atom. The fourth-order valence-corrected chi connectivity index (χ4v) is 9.48. The average Bonchev–Trinajstić information content (AvgIpc) is 0.847. The van der Waals surface area contributed by atoms with Crippen molar-refractivity contribution in [3.63, 3.8) is 0 Å². The molecule has 0 aliphatic heterocycles. The van der Waals surface area contributed by atoms with Gasteiger partial charge >= 0.3 is 24.7 Å². The number of nitrogens with one attached hydrogen (secondary N) is 4. The van der Waals surface area contributed by atoms with E-state index in [1.165, 1.54) is 24.3 Å². The van der Waals surface area contributed by atoms with E-state index in [0.717, 1.165) is 65.2 Å². The molecule has 0 aromatic heterocycles. The maximum atomic E-state index is 13.0. The van der Waals surface area contributed by atoms with Crippen molar-refractivity contribution in [3.8, 4) is 17.2 Å². The molecular weight excluding hydrogens is 1430 g/mol. The van der Waals surface area contributed by atoms with E-state index in [0.29, 0.717) is 62.3 Å². The van der Waals surface area contributed by atoms with Gasteiger partial charge in [0.1, 0.15) is 37.1 Å². The van der Waals surface area contributed by atoms with Crippen molar-refractivity contribution < 1.29 is 86.1 Å². The maximum absolute atomic E-state index is 13.0. The smallest absolute Gasteiger partial charge is 0.417 e. The Balaban J connectivity index is 0.000000244. The molecule has 0 heterocycles. The van der Waals surface area contributed by atoms with Gasteiger partial charge < -0.3 is 50.2 Å². The number of likely N-dealkylation sites (N-methyl/N-ethyl adjacent to an activating group) is 3. The summed E-state index contributed by atoms with van der Waals surface area (Å²) in [5.74, 6) is -1.06. The second kappa shape index (κ2) is 37.2. The van der Waals surface area contributed by atoms with Crippen LogP contribution in [0.25, 0.3) is 0 Å².